The molecule has 0 bridgehead atoms. The molecule has 2 N–H and O–H groups in total. The number of nitrogens with one attached hydrogen (secondary N) is 1. The standard InChI is InChI=1S/C32H30FN3O3S/c33-27-14-10-25(11-15-27)29-21-40-32(35-29)36(28-16-12-24(13-17-28)23-4-2-1-3-5-23)20-22-6-8-26(9-7-22)31(39)34-19-18-30(37)38/h4,6-17,21H,1-3,5,18-20H2,(H,34,39)(H,37,38). The third kappa shape index (κ3) is 6.82. The van der Waals surface area contributed by atoms with E-state index in [-0.39, 0.29) is 24.7 Å². The average Bonchev–Trinajstić information content (AvgIpc) is 3.47. The van der Waals surface area contributed by atoms with Crippen LogP contribution in [0.15, 0.2) is 84.3 Å². The highest BCUT2D eigenvalue weighted by atomic mass is 32.1. The molecule has 1 aliphatic carbocycles. The number of carbonyl (C=O) groups is 2. The van der Waals surface area contributed by atoms with Crippen LogP contribution in [0.4, 0.5) is 15.2 Å². The number of hydrogen-bond acceptors (Lipinski definition) is 5. The number of hydrogen-bond donors (Lipinski definition) is 2. The van der Waals surface area contributed by atoms with Gasteiger partial charge >= 0.3 is 5.97 Å². The van der Waals surface area contributed by atoms with Gasteiger partial charge in [0.05, 0.1) is 18.7 Å². The summed E-state index contributed by atoms with van der Waals surface area (Å²) in [5.41, 5.74) is 6.72. The Hall–Kier alpha value is -4.30. The molecule has 5 rings (SSSR count). The van der Waals surface area contributed by atoms with Crippen LogP contribution in [-0.4, -0.2) is 28.5 Å². The fourth-order valence-corrected chi connectivity index (χ4v) is 5.55. The van der Waals surface area contributed by atoms with E-state index in [2.05, 4.69) is 40.6 Å². The van der Waals surface area contributed by atoms with Gasteiger partial charge in [0, 0.05) is 28.7 Å². The molecule has 8 heteroatoms. The van der Waals surface area contributed by atoms with Crippen molar-refractivity contribution < 1.29 is 19.1 Å². The van der Waals surface area contributed by atoms with Crippen LogP contribution in [-0.2, 0) is 11.3 Å². The average molecular weight is 556 g/mol. The molecule has 4 aromatic rings. The molecular weight excluding hydrogens is 525 g/mol. The van der Waals surface area contributed by atoms with Crippen molar-refractivity contribution in [2.24, 2.45) is 0 Å². The predicted molar refractivity (Wildman–Crippen MR) is 157 cm³/mol. The minimum Gasteiger partial charge on any atom is -0.481 e. The third-order valence-corrected chi connectivity index (χ3v) is 7.75. The molecule has 0 aliphatic heterocycles. The summed E-state index contributed by atoms with van der Waals surface area (Å²) in [6.45, 7) is 0.607. The lowest BCUT2D eigenvalue weighted by Gasteiger charge is -2.23. The van der Waals surface area contributed by atoms with E-state index in [0.717, 1.165) is 40.5 Å². The molecule has 0 radical (unpaired) electrons. The summed E-state index contributed by atoms with van der Waals surface area (Å²) in [5, 5.41) is 14.2. The van der Waals surface area contributed by atoms with Crippen molar-refractivity contribution in [2.45, 2.75) is 38.6 Å². The van der Waals surface area contributed by atoms with Gasteiger partial charge < -0.3 is 15.3 Å². The van der Waals surface area contributed by atoms with Crippen molar-refractivity contribution in [2.75, 3.05) is 11.4 Å². The van der Waals surface area contributed by atoms with E-state index >= 15 is 0 Å². The Morgan fingerprint density at radius 1 is 0.950 bits per heavy atom. The number of amides is 1. The molecule has 0 saturated carbocycles. The SMILES string of the molecule is O=C(O)CCNC(=O)c1ccc(CN(c2ccc(C3=CCCCC3)cc2)c2nc(-c3ccc(F)cc3)cs2)cc1. The number of thiazole rings is 1. The number of aromatic nitrogens is 1. The maximum atomic E-state index is 13.5. The molecule has 0 unspecified atom stereocenters. The first kappa shape index (κ1) is 27.3. The van der Waals surface area contributed by atoms with E-state index in [1.807, 2.05) is 17.5 Å². The summed E-state index contributed by atoms with van der Waals surface area (Å²) in [6.07, 6.45) is 6.92. The molecule has 0 atom stereocenters. The van der Waals surface area contributed by atoms with Crippen molar-refractivity contribution in [3.63, 3.8) is 0 Å². The van der Waals surface area contributed by atoms with Crippen LogP contribution in [0, 0.1) is 5.82 Å². The second-order valence-electron chi connectivity index (χ2n) is 9.73. The van der Waals surface area contributed by atoms with Crippen molar-refractivity contribution in [3.05, 3.63) is 107 Å². The number of nitrogens with zero attached hydrogens (tertiary/aromatic N) is 2. The molecule has 0 fully saturated rings. The third-order valence-electron chi connectivity index (χ3n) is 6.88. The molecule has 0 spiro atoms. The topological polar surface area (TPSA) is 82.5 Å². The van der Waals surface area contributed by atoms with Crippen LogP contribution in [0.2, 0.25) is 0 Å². The van der Waals surface area contributed by atoms with Crippen LogP contribution in [0.5, 0.6) is 0 Å². The van der Waals surface area contributed by atoms with Crippen molar-refractivity contribution in [3.8, 4) is 11.3 Å². The first-order chi connectivity index (χ1) is 19.5. The fraction of sp³-hybridized carbons (Fsp3) is 0.219. The summed E-state index contributed by atoms with van der Waals surface area (Å²) in [6, 6.07) is 22.2. The van der Waals surface area contributed by atoms with E-state index < -0.39 is 5.97 Å². The van der Waals surface area contributed by atoms with E-state index in [0.29, 0.717) is 12.1 Å². The van der Waals surface area contributed by atoms with Crippen molar-refractivity contribution in [1.29, 1.82) is 0 Å². The van der Waals surface area contributed by atoms with Gasteiger partial charge in [-0.3, -0.25) is 9.59 Å². The van der Waals surface area contributed by atoms with Gasteiger partial charge in [0.15, 0.2) is 5.13 Å². The van der Waals surface area contributed by atoms with Crippen LogP contribution in [0.1, 0.15) is 53.6 Å². The lowest BCUT2D eigenvalue weighted by molar-refractivity contribution is -0.136. The Morgan fingerprint density at radius 3 is 2.35 bits per heavy atom. The van der Waals surface area contributed by atoms with Gasteiger partial charge in [-0.15, -0.1) is 11.3 Å². The van der Waals surface area contributed by atoms with Gasteiger partial charge in [-0.1, -0.05) is 30.3 Å². The largest absolute Gasteiger partial charge is 0.481 e. The lowest BCUT2D eigenvalue weighted by Crippen LogP contribution is -2.26. The van der Waals surface area contributed by atoms with E-state index in [1.165, 1.54) is 47.4 Å². The molecule has 204 valence electrons. The second kappa shape index (κ2) is 12.7. The van der Waals surface area contributed by atoms with Gasteiger partial charge in [0.1, 0.15) is 5.82 Å². The van der Waals surface area contributed by atoms with Crippen molar-refractivity contribution >= 4 is 39.6 Å². The number of carboxylic acids is 1. The quantitative estimate of drug-likeness (QED) is 0.212. The summed E-state index contributed by atoms with van der Waals surface area (Å²) >= 11 is 1.52. The summed E-state index contributed by atoms with van der Waals surface area (Å²) in [7, 11) is 0. The molecular formula is C32H30FN3O3S. The smallest absolute Gasteiger partial charge is 0.305 e. The highest BCUT2D eigenvalue weighted by Gasteiger charge is 2.17. The number of allylic oxidation sites excluding steroid dienone is 2. The number of benzene rings is 3. The second-order valence-corrected chi connectivity index (χ2v) is 10.6. The van der Waals surface area contributed by atoms with Crippen LogP contribution >= 0.6 is 11.3 Å². The summed E-state index contributed by atoms with van der Waals surface area (Å²) in [4.78, 5) is 30.1. The first-order valence-corrected chi connectivity index (χ1v) is 14.2. The van der Waals surface area contributed by atoms with Gasteiger partial charge in [0.2, 0.25) is 0 Å². The monoisotopic (exact) mass is 555 g/mol. The maximum absolute atomic E-state index is 13.5. The Labute approximate surface area is 236 Å². The molecule has 1 aromatic heterocycles. The first-order valence-electron chi connectivity index (χ1n) is 13.3. The van der Waals surface area contributed by atoms with Gasteiger partial charge in [0.25, 0.3) is 5.91 Å². The van der Waals surface area contributed by atoms with E-state index in [9.17, 15) is 14.0 Å². The fourth-order valence-electron chi connectivity index (χ4n) is 4.70. The number of aliphatic carboxylic acids is 1. The Kier molecular flexibility index (Phi) is 8.66. The predicted octanol–water partition coefficient (Wildman–Crippen LogP) is 7.45. The highest BCUT2D eigenvalue weighted by molar-refractivity contribution is 7.14. The normalized spacial score (nSPS) is 13.0. The van der Waals surface area contributed by atoms with E-state index in [4.69, 9.17) is 10.1 Å². The maximum Gasteiger partial charge on any atom is 0.305 e. The molecule has 3 aromatic carbocycles. The number of carbonyl (C=O) groups excluding carboxylic acids is 1. The molecule has 40 heavy (non-hydrogen) atoms. The Bertz CT molecular complexity index is 1500. The molecule has 0 saturated heterocycles. The minimum absolute atomic E-state index is 0.0804. The zero-order valence-electron chi connectivity index (χ0n) is 22.0. The molecule has 6 nitrogen and oxygen atoms in total. The van der Waals surface area contributed by atoms with E-state index in [1.54, 1.807) is 24.3 Å². The molecule has 1 heterocycles. The highest BCUT2D eigenvalue weighted by Crippen LogP contribution is 2.35. The number of rotatable bonds is 10. The van der Waals surface area contributed by atoms with Crippen molar-refractivity contribution in [1.82, 2.24) is 10.3 Å². The minimum atomic E-state index is -0.955. The summed E-state index contributed by atoms with van der Waals surface area (Å²) < 4.78 is 13.5. The number of anilines is 2. The zero-order chi connectivity index (χ0) is 27.9. The lowest BCUT2D eigenvalue weighted by atomic mass is 9.93. The molecule has 1 aliphatic rings. The number of halogens is 1. The van der Waals surface area contributed by atoms with Gasteiger partial charge in [-0.25, -0.2) is 9.37 Å². The Balaban J connectivity index is 1.39. The van der Waals surface area contributed by atoms with Crippen LogP contribution in [0.3, 0.4) is 0 Å². The van der Waals surface area contributed by atoms with Gasteiger partial charge in [-0.05, 0) is 90.9 Å². The molecule has 1 amide bonds. The van der Waals surface area contributed by atoms with Gasteiger partial charge in [-0.2, -0.15) is 0 Å². The van der Waals surface area contributed by atoms with Crippen LogP contribution in [0.25, 0.3) is 16.8 Å². The summed E-state index contributed by atoms with van der Waals surface area (Å²) in [5.74, 6) is -1.54. The Morgan fingerprint density at radius 2 is 1.68 bits per heavy atom. The number of carboxylic acid groups (broad SMARTS) is 1. The van der Waals surface area contributed by atoms with Crippen LogP contribution < -0.4 is 10.2 Å². The zero-order valence-corrected chi connectivity index (χ0v) is 22.8.